The van der Waals surface area contributed by atoms with E-state index >= 15 is 0 Å². The number of thiocarbonyl (C=S) groups is 1. The van der Waals surface area contributed by atoms with Gasteiger partial charge >= 0.3 is 0 Å². The average molecular weight is 254 g/mol. The third kappa shape index (κ3) is 2.07. The summed E-state index contributed by atoms with van der Waals surface area (Å²) in [6.07, 6.45) is 3.34. The first kappa shape index (κ1) is 11.8. The summed E-state index contributed by atoms with van der Waals surface area (Å²) >= 11 is 6.79. The number of hydrogen-bond donors (Lipinski definition) is 1. The predicted molar refractivity (Wildman–Crippen MR) is 71.6 cm³/mol. The van der Waals surface area contributed by atoms with Crippen molar-refractivity contribution < 1.29 is 5.11 Å². The van der Waals surface area contributed by atoms with E-state index in [4.69, 9.17) is 12.2 Å². The van der Waals surface area contributed by atoms with Gasteiger partial charge in [-0.25, -0.2) is 4.98 Å². The van der Waals surface area contributed by atoms with Crippen LogP contribution in [-0.4, -0.2) is 25.9 Å². The van der Waals surface area contributed by atoms with E-state index in [0.717, 1.165) is 12.2 Å². The van der Waals surface area contributed by atoms with Crippen LogP contribution in [0.1, 0.15) is 19.8 Å². The second kappa shape index (κ2) is 4.69. The number of anilines is 1. The summed E-state index contributed by atoms with van der Waals surface area (Å²) in [5, 5.41) is 10.6. The van der Waals surface area contributed by atoms with E-state index in [1.165, 1.54) is 11.8 Å². The summed E-state index contributed by atoms with van der Waals surface area (Å²) in [6, 6.07) is 5.63. The molecule has 1 N–H and O–H groups in total. The fourth-order valence-corrected chi connectivity index (χ4v) is 3.31. The Morgan fingerprint density at radius 3 is 3.06 bits per heavy atom. The van der Waals surface area contributed by atoms with Crippen molar-refractivity contribution >= 4 is 34.1 Å². The first-order valence-electron chi connectivity index (χ1n) is 5.28. The van der Waals surface area contributed by atoms with Crippen LogP contribution < -0.4 is 4.90 Å². The van der Waals surface area contributed by atoms with Crippen molar-refractivity contribution in [2.24, 2.45) is 0 Å². The maximum absolute atomic E-state index is 10.6. The quantitative estimate of drug-likeness (QED) is 0.838. The molecule has 0 aromatic carbocycles. The highest BCUT2D eigenvalue weighted by Crippen LogP contribution is 2.37. The zero-order valence-corrected chi connectivity index (χ0v) is 10.7. The zero-order valence-electron chi connectivity index (χ0n) is 9.09. The Morgan fingerprint density at radius 1 is 1.62 bits per heavy atom. The molecule has 5 heteroatoms. The minimum Gasteiger partial charge on any atom is -0.370 e. The Balaban J connectivity index is 2.33. The molecule has 0 aliphatic carbocycles. The molecule has 0 spiro atoms. The number of nitrogens with zero attached hydrogens (tertiary/aromatic N) is 2. The van der Waals surface area contributed by atoms with E-state index in [1.54, 1.807) is 11.1 Å². The summed E-state index contributed by atoms with van der Waals surface area (Å²) in [5.74, 6) is 1.35. The van der Waals surface area contributed by atoms with Crippen molar-refractivity contribution in [3.05, 3.63) is 24.4 Å². The lowest BCUT2D eigenvalue weighted by atomic mass is 10.1. The second-order valence-corrected chi connectivity index (χ2v) is 5.42. The van der Waals surface area contributed by atoms with E-state index in [-0.39, 0.29) is 0 Å². The van der Waals surface area contributed by atoms with E-state index < -0.39 is 5.72 Å². The Hall–Kier alpha value is -0.650. The summed E-state index contributed by atoms with van der Waals surface area (Å²) in [6.45, 7) is 2.06. The number of aliphatic hydroxyl groups is 1. The van der Waals surface area contributed by atoms with Crippen molar-refractivity contribution in [3.63, 3.8) is 0 Å². The van der Waals surface area contributed by atoms with E-state index in [1.807, 2.05) is 18.2 Å². The van der Waals surface area contributed by atoms with Crippen molar-refractivity contribution in [2.75, 3.05) is 10.7 Å². The molecule has 3 nitrogen and oxygen atoms in total. The maximum atomic E-state index is 10.6. The van der Waals surface area contributed by atoms with Crippen LogP contribution in [-0.2, 0) is 0 Å². The van der Waals surface area contributed by atoms with Gasteiger partial charge in [0.2, 0.25) is 0 Å². The van der Waals surface area contributed by atoms with Crippen LogP contribution in [0.3, 0.4) is 0 Å². The molecule has 1 aromatic rings. The van der Waals surface area contributed by atoms with Gasteiger partial charge in [0.1, 0.15) is 10.1 Å². The Kier molecular flexibility index (Phi) is 3.47. The van der Waals surface area contributed by atoms with Crippen molar-refractivity contribution in [3.8, 4) is 0 Å². The lowest BCUT2D eigenvalue weighted by Crippen LogP contribution is -2.47. The topological polar surface area (TPSA) is 36.4 Å². The minimum atomic E-state index is -0.870. The van der Waals surface area contributed by atoms with E-state index in [2.05, 4.69) is 11.9 Å². The predicted octanol–water partition coefficient (Wildman–Crippen LogP) is 2.41. The third-order valence-electron chi connectivity index (χ3n) is 2.55. The number of rotatable bonds is 3. The molecule has 86 valence electrons. The Morgan fingerprint density at radius 2 is 2.44 bits per heavy atom. The van der Waals surface area contributed by atoms with Gasteiger partial charge in [0.25, 0.3) is 0 Å². The van der Waals surface area contributed by atoms with Crippen molar-refractivity contribution in [1.29, 1.82) is 0 Å². The first-order chi connectivity index (χ1) is 7.67. The molecule has 2 heterocycles. The van der Waals surface area contributed by atoms with Gasteiger partial charge in [0, 0.05) is 11.9 Å². The van der Waals surface area contributed by atoms with Gasteiger partial charge in [-0.2, -0.15) is 0 Å². The van der Waals surface area contributed by atoms with E-state index in [0.29, 0.717) is 16.5 Å². The standard InChI is InChI=1S/C11H14N2OS2/c1-2-6-11(14)8-16-10(15)13(11)9-5-3-4-7-12-9/h3-5,7,14H,2,6,8H2,1H3. The monoisotopic (exact) mass is 254 g/mol. The Bertz CT molecular complexity index is 385. The molecule has 0 amide bonds. The number of thioether (sulfide) groups is 1. The fraction of sp³-hybridized carbons (Fsp3) is 0.455. The van der Waals surface area contributed by atoms with Crippen molar-refractivity contribution in [1.82, 2.24) is 4.98 Å². The summed E-state index contributed by atoms with van der Waals surface area (Å²) in [5.41, 5.74) is -0.870. The van der Waals surface area contributed by atoms with Crippen molar-refractivity contribution in [2.45, 2.75) is 25.5 Å². The average Bonchev–Trinajstić information content (AvgIpc) is 2.56. The first-order valence-corrected chi connectivity index (χ1v) is 6.67. The van der Waals surface area contributed by atoms with Crippen LogP contribution in [0, 0.1) is 0 Å². The molecule has 16 heavy (non-hydrogen) atoms. The zero-order chi connectivity index (χ0) is 11.6. The molecule has 1 atom stereocenters. The molecule has 1 aliphatic rings. The number of pyridine rings is 1. The van der Waals surface area contributed by atoms with Crippen LogP contribution in [0.25, 0.3) is 0 Å². The minimum absolute atomic E-state index is 0.621. The van der Waals surface area contributed by atoms with Crippen LogP contribution in [0.15, 0.2) is 24.4 Å². The maximum Gasteiger partial charge on any atom is 0.154 e. The summed E-state index contributed by atoms with van der Waals surface area (Å²) < 4.78 is 0.703. The normalized spacial score (nSPS) is 25.1. The van der Waals surface area contributed by atoms with Gasteiger partial charge in [0.15, 0.2) is 5.72 Å². The molecular weight excluding hydrogens is 240 g/mol. The fourth-order valence-electron chi connectivity index (χ4n) is 1.85. The molecule has 1 aliphatic heterocycles. The van der Waals surface area contributed by atoms with Crippen LogP contribution >= 0.6 is 24.0 Å². The molecule has 2 rings (SSSR count). The Labute approximate surface area is 105 Å². The molecule has 0 bridgehead atoms. The summed E-state index contributed by atoms with van der Waals surface area (Å²) in [4.78, 5) is 6.03. The lowest BCUT2D eigenvalue weighted by Gasteiger charge is -2.32. The van der Waals surface area contributed by atoms with E-state index in [9.17, 15) is 5.11 Å². The molecule has 1 unspecified atom stereocenters. The van der Waals surface area contributed by atoms with Crippen LogP contribution in [0.4, 0.5) is 5.82 Å². The largest absolute Gasteiger partial charge is 0.370 e. The van der Waals surface area contributed by atoms with Gasteiger partial charge in [-0.3, -0.25) is 4.90 Å². The highest BCUT2D eigenvalue weighted by molar-refractivity contribution is 8.23. The lowest BCUT2D eigenvalue weighted by molar-refractivity contribution is 0.0684. The molecular formula is C11H14N2OS2. The highest BCUT2D eigenvalue weighted by Gasteiger charge is 2.43. The molecule has 1 saturated heterocycles. The van der Waals surface area contributed by atoms with Gasteiger partial charge in [-0.05, 0) is 18.6 Å². The van der Waals surface area contributed by atoms with Gasteiger partial charge in [-0.1, -0.05) is 43.4 Å². The SMILES string of the molecule is CCCC1(O)CSC(=S)N1c1ccccn1. The third-order valence-corrected chi connectivity index (χ3v) is 4.13. The van der Waals surface area contributed by atoms with Crippen LogP contribution in [0.2, 0.25) is 0 Å². The molecule has 0 radical (unpaired) electrons. The molecule has 1 fully saturated rings. The smallest absolute Gasteiger partial charge is 0.154 e. The number of hydrogen-bond acceptors (Lipinski definition) is 4. The van der Waals surface area contributed by atoms with Crippen LogP contribution in [0.5, 0.6) is 0 Å². The summed E-state index contributed by atoms with van der Waals surface area (Å²) in [7, 11) is 0. The van der Waals surface area contributed by atoms with Gasteiger partial charge in [0.05, 0.1) is 0 Å². The second-order valence-electron chi connectivity index (χ2n) is 3.81. The highest BCUT2D eigenvalue weighted by atomic mass is 32.2. The van der Waals surface area contributed by atoms with Gasteiger partial charge in [-0.15, -0.1) is 0 Å². The van der Waals surface area contributed by atoms with Gasteiger partial charge < -0.3 is 5.11 Å². The number of aromatic nitrogens is 1. The molecule has 1 aromatic heterocycles. The molecule has 0 saturated carbocycles.